The van der Waals surface area contributed by atoms with Crippen LogP contribution in [-0.2, 0) is 11.3 Å². The van der Waals surface area contributed by atoms with Crippen LogP contribution in [0.5, 0.6) is 0 Å². The summed E-state index contributed by atoms with van der Waals surface area (Å²) in [5.41, 5.74) is 0.721. The average molecular weight is 318 g/mol. The first-order valence-electron chi connectivity index (χ1n) is 7.93. The second kappa shape index (κ2) is 7.91. The molecule has 1 rings (SSSR count). The van der Waals surface area contributed by atoms with Crippen LogP contribution >= 0.6 is 0 Å². The zero-order valence-corrected chi connectivity index (χ0v) is 14.9. The molecule has 0 aliphatic carbocycles. The largest absolute Gasteiger partial charge is 0.341 e. The Labute approximate surface area is 137 Å². The molecule has 1 aromatic heterocycles. The Hall–Kier alpha value is -2.16. The maximum atomic E-state index is 12.6. The predicted molar refractivity (Wildman–Crippen MR) is 88.9 cm³/mol. The molecule has 6 nitrogen and oxygen atoms in total. The van der Waals surface area contributed by atoms with Crippen molar-refractivity contribution in [2.24, 2.45) is 11.8 Å². The molecular weight excluding hydrogens is 292 g/mol. The minimum atomic E-state index is -0.502. The molecule has 1 heterocycles. The van der Waals surface area contributed by atoms with E-state index >= 15 is 0 Å². The van der Waals surface area contributed by atoms with Crippen molar-refractivity contribution in [2.45, 2.75) is 48.1 Å². The summed E-state index contributed by atoms with van der Waals surface area (Å²) in [4.78, 5) is 26.6. The lowest BCUT2D eigenvalue weighted by molar-refractivity contribution is -0.133. The van der Waals surface area contributed by atoms with Gasteiger partial charge in [-0.25, -0.2) is 4.68 Å². The Morgan fingerprint density at radius 2 is 1.74 bits per heavy atom. The molecule has 0 saturated heterocycles. The van der Waals surface area contributed by atoms with E-state index in [1.165, 1.54) is 0 Å². The normalized spacial score (nSPS) is 10.9. The van der Waals surface area contributed by atoms with E-state index in [2.05, 4.69) is 32.8 Å². The summed E-state index contributed by atoms with van der Waals surface area (Å²) in [6, 6.07) is 1.91. The number of carbonyl (C=O) groups excluding carboxylic acids is 1. The zero-order valence-electron chi connectivity index (χ0n) is 14.9. The molecule has 23 heavy (non-hydrogen) atoms. The van der Waals surface area contributed by atoms with E-state index in [9.17, 15) is 9.59 Å². The number of amides is 1. The Morgan fingerprint density at radius 3 is 2.17 bits per heavy atom. The van der Waals surface area contributed by atoms with Gasteiger partial charge < -0.3 is 4.90 Å². The fourth-order valence-electron chi connectivity index (χ4n) is 2.40. The first kappa shape index (κ1) is 18.9. The van der Waals surface area contributed by atoms with Gasteiger partial charge in [0.1, 0.15) is 18.2 Å². The third-order valence-electron chi connectivity index (χ3n) is 3.56. The first-order valence-corrected chi connectivity index (χ1v) is 7.93. The molecule has 0 saturated carbocycles. The maximum Gasteiger partial charge on any atom is 0.285 e. The number of carbonyl (C=O) groups is 1. The van der Waals surface area contributed by atoms with E-state index in [4.69, 9.17) is 5.26 Å². The van der Waals surface area contributed by atoms with Gasteiger partial charge >= 0.3 is 0 Å². The third kappa shape index (κ3) is 4.92. The lowest BCUT2D eigenvalue weighted by Gasteiger charge is -2.26. The lowest BCUT2D eigenvalue weighted by atomic mass is 10.1. The summed E-state index contributed by atoms with van der Waals surface area (Å²) in [5, 5.41) is 13.3. The van der Waals surface area contributed by atoms with Gasteiger partial charge in [0.05, 0.1) is 5.69 Å². The highest BCUT2D eigenvalue weighted by Crippen LogP contribution is 2.07. The van der Waals surface area contributed by atoms with Crippen molar-refractivity contribution in [3.05, 3.63) is 27.2 Å². The third-order valence-corrected chi connectivity index (χ3v) is 3.56. The van der Waals surface area contributed by atoms with E-state index in [0.29, 0.717) is 36.2 Å². The molecule has 0 aliphatic heterocycles. The standard InChI is InChI=1S/C17H26N4O2/c1-11(2)8-20(9-12(3)4)16(22)10-21-17(23)15(7-18)13(5)14(6)19-21/h11-12H,8-10H2,1-6H3. The summed E-state index contributed by atoms with van der Waals surface area (Å²) in [6.07, 6.45) is 0. The van der Waals surface area contributed by atoms with Crippen molar-refractivity contribution in [1.82, 2.24) is 14.7 Å². The van der Waals surface area contributed by atoms with Crippen LogP contribution in [0.4, 0.5) is 0 Å². The molecule has 0 aromatic carbocycles. The summed E-state index contributed by atoms with van der Waals surface area (Å²) < 4.78 is 1.11. The Morgan fingerprint density at radius 1 is 1.22 bits per heavy atom. The summed E-state index contributed by atoms with van der Waals surface area (Å²) in [5.74, 6) is 0.544. The van der Waals surface area contributed by atoms with Gasteiger partial charge in [0, 0.05) is 13.1 Å². The molecule has 0 fully saturated rings. The van der Waals surface area contributed by atoms with Crippen molar-refractivity contribution in [1.29, 1.82) is 5.26 Å². The minimum absolute atomic E-state index is 0.0598. The number of rotatable bonds is 6. The first-order chi connectivity index (χ1) is 10.7. The van der Waals surface area contributed by atoms with Gasteiger partial charge in [0.25, 0.3) is 5.56 Å². The molecule has 6 heteroatoms. The van der Waals surface area contributed by atoms with Crippen molar-refractivity contribution in [3.63, 3.8) is 0 Å². The summed E-state index contributed by atoms with van der Waals surface area (Å²) in [6.45, 7) is 12.8. The van der Waals surface area contributed by atoms with Gasteiger partial charge in [0.2, 0.25) is 5.91 Å². The second-order valence-electron chi connectivity index (χ2n) is 6.75. The highest BCUT2D eigenvalue weighted by Gasteiger charge is 2.19. The topological polar surface area (TPSA) is 79.0 Å². The highest BCUT2D eigenvalue weighted by atomic mass is 16.2. The van der Waals surface area contributed by atoms with Crippen molar-refractivity contribution < 1.29 is 4.79 Å². The number of nitriles is 1. The molecule has 1 aromatic rings. The molecule has 0 spiro atoms. The number of hydrogen-bond acceptors (Lipinski definition) is 4. The summed E-state index contributed by atoms with van der Waals surface area (Å²) >= 11 is 0. The van der Waals surface area contributed by atoms with Gasteiger partial charge in [-0.1, -0.05) is 27.7 Å². The lowest BCUT2D eigenvalue weighted by Crippen LogP contribution is -2.41. The number of aromatic nitrogens is 2. The fourth-order valence-corrected chi connectivity index (χ4v) is 2.40. The van der Waals surface area contributed by atoms with Crippen LogP contribution in [0.15, 0.2) is 4.79 Å². The van der Waals surface area contributed by atoms with E-state index in [-0.39, 0.29) is 18.0 Å². The molecular formula is C17H26N4O2. The van der Waals surface area contributed by atoms with Crippen LogP contribution in [0.3, 0.4) is 0 Å². The quantitative estimate of drug-likeness (QED) is 0.802. The molecule has 1 amide bonds. The van der Waals surface area contributed by atoms with Crippen molar-refractivity contribution in [2.75, 3.05) is 13.1 Å². The van der Waals surface area contributed by atoms with Crippen LogP contribution < -0.4 is 5.56 Å². The number of aryl methyl sites for hydroxylation is 1. The van der Waals surface area contributed by atoms with Crippen LogP contribution in [0.1, 0.15) is 44.5 Å². The van der Waals surface area contributed by atoms with Gasteiger partial charge in [-0.05, 0) is 31.2 Å². The molecule has 126 valence electrons. The molecule has 0 N–H and O–H groups in total. The van der Waals surface area contributed by atoms with Crippen LogP contribution in [0.25, 0.3) is 0 Å². The Kier molecular flexibility index (Phi) is 6.49. The van der Waals surface area contributed by atoms with Crippen molar-refractivity contribution in [3.8, 4) is 6.07 Å². The van der Waals surface area contributed by atoms with E-state index in [1.54, 1.807) is 18.7 Å². The molecule has 0 atom stereocenters. The minimum Gasteiger partial charge on any atom is -0.341 e. The van der Waals surface area contributed by atoms with Crippen molar-refractivity contribution >= 4 is 5.91 Å². The van der Waals surface area contributed by atoms with Gasteiger partial charge in [-0.3, -0.25) is 9.59 Å². The van der Waals surface area contributed by atoms with E-state index in [0.717, 1.165) is 4.68 Å². The molecule has 0 unspecified atom stereocenters. The molecule has 0 aliphatic rings. The van der Waals surface area contributed by atoms with E-state index in [1.807, 2.05) is 6.07 Å². The zero-order chi connectivity index (χ0) is 17.7. The predicted octanol–water partition coefficient (Wildman–Crippen LogP) is 1.87. The number of nitrogens with zero attached hydrogens (tertiary/aromatic N) is 4. The monoisotopic (exact) mass is 318 g/mol. The summed E-state index contributed by atoms with van der Waals surface area (Å²) in [7, 11) is 0. The van der Waals surface area contributed by atoms with Crippen LogP contribution in [0, 0.1) is 37.0 Å². The highest BCUT2D eigenvalue weighted by molar-refractivity contribution is 5.76. The molecule has 0 bridgehead atoms. The molecule has 0 radical (unpaired) electrons. The number of hydrogen-bond donors (Lipinski definition) is 0. The van der Waals surface area contributed by atoms with Gasteiger partial charge in [-0.15, -0.1) is 0 Å². The van der Waals surface area contributed by atoms with Gasteiger partial charge in [-0.2, -0.15) is 10.4 Å². The maximum absolute atomic E-state index is 12.6. The Balaban J connectivity index is 3.10. The van der Waals surface area contributed by atoms with Crippen LogP contribution in [-0.4, -0.2) is 33.7 Å². The smallest absolute Gasteiger partial charge is 0.285 e. The van der Waals surface area contributed by atoms with E-state index < -0.39 is 5.56 Å². The SMILES string of the molecule is Cc1nn(CC(=O)N(CC(C)C)CC(C)C)c(=O)c(C#N)c1C. The van der Waals surface area contributed by atoms with Crippen LogP contribution in [0.2, 0.25) is 0 Å². The Bertz CT molecular complexity index is 658. The van der Waals surface area contributed by atoms with Gasteiger partial charge in [0.15, 0.2) is 0 Å². The fraction of sp³-hybridized carbons (Fsp3) is 0.647. The average Bonchev–Trinajstić information content (AvgIpc) is 2.43. The second-order valence-corrected chi connectivity index (χ2v) is 6.75.